The van der Waals surface area contributed by atoms with Gasteiger partial charge in [-0.3, -0.25) is 9.59 Å². The third kappa shape index (κ3) is 4.41. The zero-order valence-electron chi connectivity index (χ0n) is 17.6. The molecule has 8 nitrogen and oxygen atoms in total. The molecule has 0 spiro atoms. The first-order valence-corrected chi connectivity index (χ1v) is 9.21. The molecule has 0 unspecified atom stereocenters. The topological polar surface area (TPSA) is 102 Å². The smallest absolute Gasteiger partial charge is 0.416 e. The molecule has 0 saturated carbocycles. The molecular formula is C21H20F3N3O5. The molecule has 3 aromatic rings. The lowest BCUT2D eigenvalue weighted by molar-refractivity contribution is -0.137. The lowest BCUT2D eigenvalue weighted by atomic mass is 10.1. The number of halogens is 3. The maximum Gasteiger partial charge on any atom is 0.416 e. The maximum absolute atomic E-state index is 13.2. The van der Waals surface area contributed by atoms with E-state index in [1.807, 2.05) is 0 Å². The Morgan fingerprint density at radius 2 is 1.59 bits per heavy atom. The van der Waals surface area contributed by atoms with E-state index in [1.165, 1.54) is 34.3 Å². The van der Waals surface area contributed by atoms with Crippen LogP contribution in [0.2, 0.25) is 0 Å². The van der Waals surface area contributed by atoms with Gasteiger partial charge in [-0.25, -0.2) is 0 Å². The summed E-state index contributed by atoms with van der Waals surface area (Å²) >= 11 is 0. The van der Waals surface area contributed by atoms with Crippen molar-refractivity contribution in [3.63, 3.8) is 0 Å². The third-order valence-corrected chi connectivity index (χ3v) is 4.59. The van der Waals surface area contributed by atoms with Crippen LogP contribution >= 0.6 is 0 Å². The van der Waals surface area contributed by atoms with Crippen molar-refractivity contribution in [1.29, 1.82) is 0 Å². The Morgan fingerprint density at radius 3 is 2.16 bits per heavy atom. The van der Waals surface area contributed by atoms with E-state index in [-0.39, 0.29) is 17.1 Å². The van der Waals surface area contributed by atoms with Gasteiger partial charge in [0, 0.05) is 18.4 Å². The van der Waals surface area contributed by atoms with E-state index < -0.39 is 23.6 Å². The van der Waals surface area contributed by atoms with Gasteiger partial charge < -0.3 is 29.8 Å². The summed E-state index contributed by atoms with van der Waals surface area (Å²) < 4.78 is 55.4. The van der Waals surface area contributed by atoms with Crippen molar-refractivity contribution >= 4 is 34.1 Å². The number of H-pyrrole nitrogens is 1. The molecule has 170 valence electrons. The highest BCUT2D eigenvalue weighted by molar-refractivity contribution is 6.09. The highest BCUT2D eigenvalue weighted by atomic mass is 19.4. The summed E-state index contributed by atoms with van der Waals surface area (Å²) in [7, 11) is 4.30. The van der Waals surface area contributed by atoms with E-state index in [4.69, 9.17) is 14.2 Å². The normalized spacial score (nSPS) is 11.2. The van der Waals surface area contributed by atoms with Gasteiger partial charge in [0.25, 0.3) is 5.91 Å². The Labute approximate surface area is 180 Å². The number of carbonyl (C=O) groups excluding carboxylic acids is 2. The number of fused-ring (bicyclic) bond motifs is 1. The number of aromatic amines is 1. The highest BCUT2D eigenvalue weighted by Gasteiger charge is 2.31. The Balaban J connectivity index is 2.06. The minimum absolute atomic E-state index is 0.0202. The summed E-state index contributed by atoms with van der Waals surface area (Å²) in [6, 6.07) is 5.68. The van der Waals surface area contributed by atoms with Crippen LogP contribution in [0.15, 0.2) is 30.3 Å². The van der Waals surface area contributed by atoms with Gasteiger partial charge in [0.2, 0.25) is 5.91 Å². The molecule has 0 bridgehead atoms. The molecule has 32 heavy (non-hydrogen) atoms. The van der Waals surface area contributed by atoms with Gasteiger partial charge in [-0.1, -0.05) is 0 Å². The number of carbonyl (C=O) groups is 2. The van der Waals surface area contributed by atoms with Crippen LogP contribution in [0, 0.1) is 0 Å². The SMILES string of the molecule is COc1cc(OC)c2cc(C(=O)Nc3cc(C(F)(F)F)ccc3NC(C)=O)[nH]c2c1OC. The Kier molecular flexibility index (Phi) is 6.19. The van der Waals surface area contributed by atoms with Crippen molar-refractivity contribution in [2.45, 2.75) is 13.1 Å². The minimum Gasteiger partial charge on any atom is -0.496 e. The first-order valence-electron chi connectivity index (χ1n) is 9.21. The number of methoxy groups -OCH3 is 3. The highest BCUT2D eigenvalue weighted by Crippen LogP contribution is 2.41. The molecule has 1 aromatic heterocycles. The third-order valence-electron chi connectivity index (χ3n) is 4.59. The summed E-state index contributed by atoms with van der Waals surface area (Å²) in [5.41, 5.74) is -0.746. The molecule has 0 aliphatic carbocycles. The van der Waals surface area contributed by atoms with Crippen molar-refractivity contribution in [3.05, 3.63) is 41.6 Å². The van der Waals surface area contributed by atoms with Gasteiger partial charge in [0.15, 0.2) is 11.5 Å². The summed E-state index contributed by atoms with van der Waals surface area (Å²) in [5.74, 6) is -0.176. The first kappa shape index (κ1) is 22.8. The number of benzene rings is 2. The van der Waals surface area contributed by atoms with Crippen LogP contribution in [-0.2, 0) is 11.0 Å². The van der Waals surface area contributed by atoms with Gasteiger partial charge >= 0.3 is 6.18 Å². The van der Waals surface area contributed by atoms with Gasteiger partial charge in [0.05, 0.1) is 43.8 Å². The molecule has 0 fully saturated rings. The molecular weight excluding hydrogens is 431 g/mol. The molecule has 3 N–H and O–H groups in total. The van der Waals surface area contributed by atoms with Gasteiger partial charge in [0.1, 0.15) is 11.4 Å². The molecule has 1 heterocycles. The Bertz CT molecular complexity index is 1190. The lowest BCUT2D eigenvalue weighted by Gasteiger charge is -2.14. The van der Waals surface area contributed by atoms with Crippen molar-refractivity contribution < 1.29 is 37.0 Å². The Morgan fingerprint density at radius 1 is 0.906 bits per heavy atom. The minimum atomic E-state index is -4.63. The number of anilines is 2. The maximum atomic E-state index is 13.2. The summed E-state index contributed by atoms with van der Waals surface area (Å²) in [5, 5.41) is 5.31. The van der Waals surface area contributed by atoms with Crippen LogP contribution in [0.25, 0.3) is 10.9 Å². The fourth-order valence-electron chi connectivity index (χ4n) is 3.17. The quantitative estimate of drug-likeness (QED) is 0.515. The zero-order chi connectivity index (χ0) is 23.6. The molecule has 0 aliphatic rings. The predicted octanol–water partition coefficient (Wildman–Crippen LogP) is 4.42. The standard InChI is InChI=1S/C21H20F3N3O5/c1-10(28)25-13-6-5-11(21(22,23)24)7-14(13)27-20(29)15-8-12-16(30-2)9-17(31-3)19(32-4)18(12)26-15/h5-9,26H,1-4H3,(H,25,28)(H,27,29). The molecule has 11 heteroatoms. The lowest BCUT2D eigenvalue weighted by Crippen LogP contribution is -2.16. The van der Waals surface area contributed by atoms with Crippen LogP contribution in [0.1, 0.15) is 23.0 Å². The van der Waals surface area contributed by atoms with E-state index in [0.29, 0.717) is 28.2 Å². The Hall–Kier alpha value is -3.89. The summed E-state index contributed by atoms with van der Waals surface area (Å²) in [6.45, 7) is 1.20. The van der Waals surface area contributed by atoms with Gasteiger partial charge in [-0.15, -0.1) is 0 Å². The monoisotopic (exact) mass is 451 g/mol. The molecule has 0 aliphatic heterocycles. The van der Waals surface area contributed by atoms with E-state index in [1.54, 1.807) is 6.07 Å². The summed E-state index contributed by atoms with van der Waals surface area (Å²) in [6.07, 6.45) is -4.63. The van der Waals surface area contributed by atoms with E-state index >= 15 is 0 Å². The van der Waals surface area contributed by atoms with Gasteiger partial charge in [-0.05, 0) is 24.3 Å². The van der Waals surface area contributed by atoms with Crippen molar-refractivity contribution in [1.82, 2.24) is 4.98 Å². The van der Waals surface area contributed by atoms with Gasteiger partial charge in [-0.2, -0.15) is 13.2 Å². The van der Waals surface area contributed by atoms with Crippen LogP contribution in [0.3, 0.4) is 0 Å². The number of hydrogen-bond acceptors (Lipinski definition) is 5. The van der Waals surface area contributed by atoms with Crippen LogP contribution < -0.4 is 24.8 Å². The van der Waals surface area contributed by atoms with E-state index in [0.717, 1.165) is 18.2 Å². The average molecular weight is 451 g/mol. The second-order valence-electron chi connectivity index (χ2n) is 6.68. The van der Waals surface area contributed by atoms with E-state index in [2.05, 4.69) is 15.6 Å². The van der Waals surface area contributed by atoms with Crippen molar-refractivity contribution in [3.8, 4) is 17.2 Å². The van der Waals surface area contributed by atoms with Crippen LogP contribution in [-0.4, -0.2) is 38.1 Å². The number of hydrogen-bond donors (Lipinski definition) is 3. The van der Waals surface area contributed by atoms with Crippen LogP contribution in [0.4, 0.5) is 24.5 Å². The number of aromatic nitrogens is 1. The molecule has 0 saturated heterocycles. The number of ether oxygens (including phenoxy) is 3. The second-order valence-corrected chi connectivity index (χ2v) is 6.68. The zero-order valence-corrected chi connectivity index (χ0v) is 17.6. The number of nitrogens with one attached hydrogen (secondary N) is 3. The molecule has 0 atom stereocenters. The predicted molar refractivity (Wildman–Crippen MR) is 112 cm³/mol. The van der Waals surface area contributed by atoms with Crippen molar-refractivity contribution in [2.75, 3.05) is 32.0 Å². The molecule has 2 amide bonds. The van der Waals surface area contributed by atoms with Crippen molar-refractivity contribution in [2.24, 2.45) is 0 Å². The second kappa shape index (κ2) is 8.69. The largest absolute Gasteiger partial charge is 0.496 e. The number of rotatable bonds is 6. The molecule has 3 rings (SSSR count). The number of alkyl halides is 3. The first-order chi connectivity index (χ1) is 15.1. The van der Waals surface area contributed by atoms with E-state index in [9.17, 15) is 22.8 Å². The average Bonchev–Trinajstić information content (AvgIpc) is 3.18. The fourth-order valence-corrected chi connectivity index (χ4v) is 3.17. The number of amides is 2. The van der Waals surface area contributed by atoms with Crippen LogP contribution in [0.5, 0.6) is 17.2 Å². The molecule has 0 radical (unpaired) electrons. The summed E-state index contributed by atoms with van der Waals surface area (Å²) in [4.78, 5) is 27.2. The fraction of sp³-hybridized carbons (Fsp3) is 0.238. The molecule has 2 aromatic carbocycles.